The maximum Gasteiger partial charge on any atom is 0.416 e. The lowest BCUT2D eigenvalue weighted by Gasteiger charge is -2.13. The molecule has 0 fully saturated rings. The van der Waals surface area contributed by atoms with E-state index in [-0.39, 0.29) is 11.2 Å². The SMILES string of the molecule is C[C@H](SCc1ccccc1)C(=O)Nc1ccc(C(F)(F)F)cc1. The molecule has 0 aliphatic heterocycles. The molecule has 122 valence electrons. The van der Waals surface area contributed by atoms with Crippen molar-refractivity contribution in [1.29, 1.82) is 0 Å². The van der Waals surface area contributed by atoms with Gasteiger partial charge in [0.2, 0.25) is 5.91 Å². The van der Waals surface area contributed by atoms with Crippen molar-refractivity contribution in [2.75, 3.05) is 5.32 Å². The maximum absolute atomic E-state index is 12.5. The quantitative estimate of drug-likeness (QED) is 0.834. The molecule has 0 bridgehead atoms. The summed E-state index contributed by atoms with van der Waals surface area (Å²) >= 11 is 1.47. The molecule has 2 aromatic carbocycles. The molecular formula is C17H16F3NOS. The first-order valence-corrected chi connectivity index (χ1v) is 8.05. The van der Waals surface area contributed by atoms with Crippen molar-refractivity contribution in [1.82, 2.24) is 0 Å². The van der Waals surface area contributed by atoms with Crippen LogP contribution in [0.3, 0.4) is 0 Å². The predicted octanol–water partition coefficient (Wildman–Crippen LogP) is 4.97. The Morgan fingerprint density at radius 2 is 1.70 bits per heavy atom. The molecule has 0 saturated carbocycles. The van der Waals surface area contributed by atoms with Crippen molar-refractivity contribution in [3.05, 3.63) is 65.7 Å². The molecule has 6 heteroatoms. The second-order valence-electron chi connectivity index (χ2n) is 5.00. The van der Waals surface area contributed by atoms with E-state index in [4.69, 9.17) is 0 Å². The molecule has 1 atom stereocenters. The smallest absolute Gasteiger partial charge is 0.325 e. The number of hydrogen-bond donors (Lipinski definition) is 1. The zero-order valence-corrected chi connectivity index (χ0v) is 13.2. The van der Waals surface area contributed by atoms with Crippen LogP contribution in [-0.4, -0.2) is 11.2 Å². The van der Waals surface area contributed by atoms with Crippen LogP contribution in [0.15, 0.2) is 54.6 Å². The van der Waals surface area contributed by atoms with Crippen LogP contribution in [0.2, 0.25) is 0 Å². The highest BCUT2D eigenvalue weighted by molar-refractivity contribution is 7.99. The first-order chi connectivity index (χ1) is 10.9. The van der Waals surface area contributed by atoms with Gasteiger partial charge in [0.25, 0.3) is 0 Å². The van der Waals surface area contributed by atoms with Gasteiger partial charge in [0.05, 0.1) is 10.8 Å². The average molecular weight is 339 g/mol. The molecular weight excluding hydrogens is 323 g/mol. The fourth-order valence-corrected chi connectivity index (χ4v) is 2.70. The number of carbonyl (C=O) groups excluding carboxylic acids is 1. The highest BCUT2D eigenvalue weighted by Gasteiger charge is 2.30. The zero-order valence-electron chi connectivity index (χ0n) is 12.4. The van der Waals surface area contributed by atoms with E-state index in [2.05, 4.69) is 5.32 Å². The minimum absolute atomic E-state index is 0.231. The normalized spacial score (nSPS) is 12.7. The highest BCUT2D eigenvalue weighted by Crippen LogP contribution is 2.30. The van der Waals surface area contributed by atoms with Gasteiger partial charge in [0.1, 0.15) is 0 Å². The van der Waals surface area contributed by atoms with Crippen molar-refractivity contribution >= 4 is 23.4 Å². The van der Waals surface area contributed by atoms with Crippen molar-refractivity contribution in [2.24, 2.45) is 0 Å². The minimum Gasteiger partial charge on any atom is -0.325 e. The molecule has 0 aromatic heterocycles. The second-order valence-corrected chi connectivity index (χ2v) is 6.33. The number of amides is 1. The van der Waals surface area contributed by atoms with Crippen molar-refractivity contribution in [3.8, 4) is 0 Å². The summed E-state index contributed by atoms with van der Waals surface area (Å²) < 4.78 is 37.4. The van der Waals surface area contributed by atoms with Gasteiger partial charge in [-0.25, -0.2) is 0 Å². The van der Waals surface area contributed by atoms with Crippen LogP contribution < -0.4 is 5.32 Å². The van der Waals surface area contributed by atoms with Crippen LogP contribution in [0.5, 0.6) is 0 Å². The number of benzene rings is 2. The molecule has 1 N–H and O–H groups in total. The maximum atomic E-state index is 12.5. The zero-order chi connectivity index (χ0) is 16.9. The molecule has 0 radical (unpaired) electrons. The number of thioether (sulfide) groups is 1. The first kappa shape index (κ1) is 17.4. The third kappa shape index (κ3) is 5.32. The van der Waals surface area contributed by atoms with Gasteiger partial charge in [-0.2, -0.15) is 13.2 Å². The van der Waals surface area contributed by atoms with E-state index in [1.165, 1.54) is 23.9 Å². The van der Waals surface area contributed by atoms with Crippen LogP contribution in [0.4, 0.5) is 18.9 Å². The van der Waals surface area contributed by atoms with Crippen molar-refractivity contribution in [3.63, 3.8) is 0 Å². The average Bonchev–Trinajstić information content (AvgIpc) is 2.53. The molecule has 0 aliphatic rings. The van der Waals surface area contributed by atoms with Crippen LogP contribution in [0.1, 0.15) is 18.1 Å². The fourth-order valence-electron chi connectivity index (χ4n) is 1.86. The van der Waals surface area contributed by atoms with Crippen LogP contribution >= 0.6 is 11.8 Å². The first-order valence-electron chi connectivity index (χ1n) is 7.00. The van der Waals surface area contributed by atoms with E-state index in [0.29, 0.717) is 11.4 Å². The topological polar surface area (TPSA) is 29.1 Å². The Morgan fingerprint density at radius 3 is 2.26 bits per heavy atom. The number of anilines is 1. The number of carbonyl (C=O) groups is 1. The van der Waals surface area contributed by atoms with E-state index >= 15 is 0 Å². The lowest BCUT2D eigenvalue weighted by atomic mass is 10.2. The molecule has 0 saturated heterocycles. The summed E-state index contributed by atoms with van der Waals surface area (Å²) in [5.74, 6) is 0.466. The third-order valence-electron chi connectivity index (χ3n) is 3.19. The predicted molar refractivity (Wildman–Crippen MR) is 87.3 cm³/mol. The standard InChI is InChI=1S/C17H16F3NOS/c1-12(23-11-13-5-3-2-4-6-13)16(22)21-15-9-7-14(8-10-15)17(18,19)20/h2-10,12H,11H2,1H3,(H,21,22)/t12-/m0/s1. The molecule has 0 unspecified atom stereocenters. The van der Waals surface area contributed by atoms with Gasteiger partial charge in [-0.1, -0.05) is 30.3 Å². The Bertz CT molecular complexity index is 641. The van der Waals surface area contributed by atoms with Gasteiger partial charge in [0.15, 0.2) is 0 Å². The Morgan fingerprint density at radius 1 is 1.09 bits per heavy atom. The van der Waals surface area contributed by atoms with Crippen LogP contribution in [-0.2, 0) is 16.7 Å². The minimum atomic E-state index is -4.37. The lowest BCUT2D eigenvalue weighted by molar-refractivity contribution is -0.137. The highest BCUT2D eigenvalue weighted by atomic mass is 32.2. The van der Waals surface area contributed by atoms with Crippen LogP contribution in [0.25, 0.3) is 0 Å². The van der Waals surface area contributed by atoms with Gasteiger partial charge in [-0.15, -0.1) is 11.8 Å². The summed E-state index contributed by atoms with van der Waals surface area (Å²) in [5.41, 5.74) is 0.740. The molecule has 2 aromatic rings. The molecule has 0 aliphatic carbocycles. The van der Waals surface area contributed by atoms with E-state index < -0.39 is 11.7 Å². The largest absolute Gasteiger partial charge is 0.416 e. The van der Waals surface area contributed by atoms with Gasteiger partial charge >= 0.3 is 6.18 Å². The Labute approximate surface area is 137 Å². The molecule has 2 nitrogen and oxygen atoms in total. The number of nitrogens with one attached hydrogen (secondary N) is 1. The van der Waals surface area contributed by atoms with E-state index in [9.17, 15) is 18.0 Å². The Balaban J connectivity index is 1.88. The summed E-state index contributed by atoms with van der Waals surface area (Å²) in [6.07, 6.45) is -4.37. The number of hydrogen-bond acceptors (Lipinski definition) is 2. The second kappa shape index (κ2) is 7.55. The number of rotatable bonds is 5. The van der Waals surface area contributed by atoms with Crippen molar-refractivity contribution < 1.29 is 18.0 Å². The molecule has 23 heavy (non-hydrogen) atoms. The summed E-state index contributed by atoms with van der Waals surface area (Å²) in [7, 11) is 0. The van der Waals surface area contributed by atoms with Gasteiger partial charge in [-0.3, -0.25) is 4.79 Å². The molecule has 2 rings (SSSR count). The summed E-state index contributed by atoms with van der Waals surface area (Å²) in [4.78, 5) is 12.1. The number of alkyl halides is 3. The molecule has 0 heterocycles. The Kier molecular flexibility index (Phi) is 5.71. The van der Waals surface area contributed by atoms with E-state index in [1.54, 1.807) is 6.92 Å². The molecule has 1 amide bonds. The van der Waals surface area contributed by atoms with Crippen LogP contribution in [0, 0.1) is 0 Å². The summed E-state index contributed by atoms with van der Waals surface area (Å²) in [5, 5.41) is 2.32. The summed E-state index contributed by atoms with van der Waals surface area (Å²) in [6.45, 7) is 1.77. The van der Waals surface area contributed by atoms with Gasteiger partial charge in [-0.05, 0) is 36.8 Å². The van der Waals surface area contributed by atoms with Gasteiger partial charge < -0.3 is 5.32 Å². The molecule has 0 spiro atoms. The third-order valence-corrected chi connectivity index (χ3v) is 4.41. The van der Waals surface area contributed by atoms with E-state index in [1.807, 2.05) is 30.3 Å². The fraction of sp³-hybridized carbons (Fsp3) is 0.235. The lowest BCUT2D eigenvalue weighted by Crippen LogP contribution is -2.22. The summed E-state index contributed by atoms with van der Waals surface area (Å²) in [6, 6.07) is 14.2. The monoisotopic (exact) mass is 339 g/mol. The van der Waals surface area contributed by atoms with E-state index in [0.717, 1.165) is 17.7 Å². The number of halogens is 3. The van der Waals surface area contributed by atoms with Crippen molar-refractivity contribution in [2.45, 2.75) is 24.1 Å². The Hall–Kier alpha value is -1.95. The van der Waals surface area contributed by atoms with Gasteiger partial charge in [0, 0.05) is 11.4 Å².